The fourth-order valence-electron chi connectivity index (χ4n) is 2.43. The van der Waals surface area contributed by atoms with Gasteiger partial charge in [0.1, 0.15) is 12.4 Å². The summed E-state index contributed by atoms with van der Waals surface area (Å²) >= 11 is 0. The molecule has 0 radical (unpaired) electrons. The first-order valence-electron chi connectivity index (χ1n) is 8.94. The molecular weight excluding hydrogens is 412 g/mol. The fraction of sp³-hybridized carbons (Fsp3) is 0.0741. The molecule has 0 heterocycles. The van der Waals surface area contributed by atoms with Crippen molar-refractivity contribution in [3.05, 3.63) is 131 Å². The van der Waals surface area contributed by atoms with Gasteiger partial charge in [-0.05, 0) is 30.2 Å². The van der Waals surface area contributed by atoms with E-state index in [1.165, 1.54) is 6.08 Å². The summed E-state index contributed by atoms with van der Waals surface area (Å²) in [5.41, 5.74) is 3.29. The van der Waals surface area contributed by atoms with Crippen molar-refractivity contribution in [1.82, 2.24) is 0 Å². The molecule has 154 valence electrons. The maximum atomic E-state index is 12.5. The molecule has 0 saturated heterocycles. The molecule has 0 saturated carbocycles. The van der Waals surface area contributed by atoms with Gasteiger partial charge in [0.2, 0.25) is 0 Å². The van der Waals surface area contributed by atoms with Gasteiger partial charge in [-0.2, -0.15) is 0 Å². The fourth-order valence-corrected chi connectivity index (χ4v) is 2.43. The van der Waals surface area contributed by atoms with Crippen molar-refractivity contribution >= 4 is 11.9 Å². The maximum absolute atomic E-state index is 12.5. The molecule has 0 aliphatic carbocycles. The first-order valence-corrected chi connectivity index (χ1v) is 8.94. The van der Waals surface area contributed by atoms with Crippen LogP contribution in [0.2, 0.25) is 0 Å². The molecule has 0 spiro atoms. The molecule has 2 nitrogen and oxygen atoms in total. The van der Waals surface area contributed by atoms with E-state index >= 15 is 0 Å². The first-order chi connectivity index (χ1) is 14.2. The number of hydrogen-bond acceptors (Lipinski definition) is 2. The van der Waals surface area contributed by atoms with Crippen LogP contribution in [0, 0.1) is 55.5 Å². The van der Waals surface area contributed by atoms with Crippen LogP contribution in [0.3, 0.4) is 0 Å². The average Bonchev–Trinajstić information content (AvgIpc) is 3.48. The Balaban J connectivity index is 0.000000468. The van der Waals surface area contributed by atoms with Gasteiger partial charge in [0.15, 0.2) is 0 Å². The van der Waals surface area contributed by atoms with Gasteiger partial charge in [-0.3, -0.25) is 0 Å². The summed E-state index contributed by atoms with van der Waals surface area (Å²) in [4.78, 5) is 12.5. The smallest absolute Gasteiger partial charge is 0.128 e. The van der Waals surface area contributed by atoms with Crippen molar-refractivity contribution in [2.45, 2.75) is 13.5 Å². The van der Waals surface area contributed by atoms with E-state index in [0.29, 0.717) is 23.5 Å². The minimum Gasteiger partial charge on any atom is -0.999 e. The van der Waals surface area contributed by atoms with E-state index in [9.17, 15) is 4.79 Å². The van der Waals surface area contributed by atoms with Crippen LogP contribution < -0.4 is 4.74 Å². The third-order valence-electron chi connectivity index (χ3n) is 3.85. The molecule has 0 amide bonds. The van der Waals surface area contributed by atoms with Crippen molar-refractivity contribution in [1.29, 1.82) is 0 Å². The standard InChI is InChI=1S/C22H15O2.C5H.Fe/c1-17-11-13-20(21(23)14-12-18-7-5-6-8-18)22(15-17)24-16-19-9-3-2-4-10-19;1-2-4-5-3-1;/h2-4,9-15H,16H2,1H3;1H;/q2*-5;. The van der Waals surface area contributed by atoms with Crippen molar-refractivity contribution in [3.8, 4) is 5.75 Å². The number of carbonyl (C=O) groups excluding carboxylic acids is 1. The molecule has 4 rings (SSSR count). The van der Waals surface area contributed by atoms with Crippen LogP contribution in [-0.2, 0) is 23.7 Å². The Bertz CT molecular complexity index is 997. The molecular formula is C27H16FeO2-10. The summed E-state index contributed by atoms with van der Waals surface area (Å²) < 4.78 is 5.88. The molecule has 0 aliphatic heterocycles. The second-order valence-electron chi connectivity index (χ2n) is 6.07. The summed E-state index contributed by atoms with van der Waals surface area (Å²) in [7, 11) is 0. The molecule has 0 bridgehead atoms. The van der Waals surface area contributed by atoms with Crippen LogP contribution >= 0.6 is 0 Å². The van der Waals surface area contributed by atoms with Gasteiger partial charge in [0.25, 0.3) is 0 Å². The van der Waals surface area contributed by atoms with Gasteiger partial charge < -0.3 is 81.8 Å². The van der Waals surface area contributed by atoms with Crippen LogP contribution in [-0.4, -0.2) is 5.78 Å². The zero-order chi connectivity index (χ0) is 20.3. The monoisotopic (exact) mass is 428 g/mol. The topological polar surface area (TPSA) is 26.3 Å². The molecule has 4 aromatic rings. The van der Waals surface area contributed by atoms with Gasteiger partial charge >= 0.3 is 0 Å². The van der Waals surface area contributed by atoms with Crippen LogP contribution in [0.15, 0.2) is 60.7 Å². The quantitative estimate of drug-likeness (QED) is 0.187. The summed E-state index contributed by atoms with van der Waals surface area (Å²) in [5, 5.41) is 0. The largest absolute Gasteiger partial charge is 0.999 e. The van der Waals surface area contributed by atoms with Crippen molar-refractivity contribution in [2.75, 3.05) is 0 Å². The zero-order valence-corrected chi connectivity index (χ0v) is 17.3. The van der Waals surface area contributed by atoms with Gasteiger partial charge in [-0.15, -0.1) is 0 Å². The Hall–Kier alpha value is -3.13. The van der Waals surface area contributed by atoms with Gasteiger partial charge in [-0.1, -0.05) is 36.4 Å². The molecule has 0 aromatic heterocycles. The molecule has 3 heteroatoms. The Morgan fingerprint density at radius 1 is 1.03 bits per heavy atom. The number of rotatable bonds is 6. The van der Waals surface area contributed by atoms with Crippen LogP contribution in [0.4, 0.5) is 0 Å². The normalized spacial score (nSPS) is 10.0. The minimum atomic E-state index is -0.124. The molecule has 0 fully saturated rings. The van der Waals surface area contributed by atoms with Crippen LogP contribution in [0.5, 0.6) is 5.75 Å². The van der Waals surface area contributed by atoms with Crippen molar-refractivity contribution in [2.24, 2.45) is 0 Å². The number of benzene rings is 2. The van der Waals surface area contributed by atoms with Crippen molar-refractivity contribution < 1.29 is 26.6 Å². The Kier molecular flexibility index (Phi) is 9.60. The second-order valence-corrected chi connectivity index (χ2v) is 6.07. The molecule has 30 heavy (non-hydrogen) atoms. The van der Waals surface area contributed by atoms with Gasteiger partial charge in [0, 0.05) is 28.4 Å². The Labute approximate surface area is 189 Å². The van der Waals surface area contributed by atoms with Gasteiger partial charge in [-0.25, -0.2) is 0 Å². The van der Waals surface area contributed by atoms with E-state index in [1.54, 1.807) is 18.2 Å². The van der Waals surface area contributed by atoms with Crippen LogP contribution in [0.25, 0.3) is 6.08 Å². The second kappa shape index (κ2) is 12.4. The van der Waals surface area contributed by atoms with Crippen LogP contribution in [0.1, 0.15) is 27.0 Å². The summed E-state index contributed by atoms with van der Waals surface area (Å²) in [5.74, 6) is 0.461. The average molecular weight is 428 g/mol. The molecule has 0 unspecified atom stereocenters. The summed E-state index contributed by atoms with van der Waals surface area (Å²) in [6, 6.07) is 38.4. The third-order valence-corrected chi connectivity index (χ3v) is 3.85. The van der Waals surface area contributed by atoms with E-state index in [1.807, 2.05) is 49.4 Å². The van der Waals surface area contributed by atoms with E-state index in [2.05, 4.69) is 48.5 Å². The number of aryl methyl sites for hydroxylation is 1. The number of allylic oxidation sites excluding steroid dienone is 1. The Morgan fingerprint density at radius 2 is 1.73 bits per heavy atom. The summed E-state index contributed by atoms with van der Waals surface area (Å²) in [6.07, 6.45) is 3.14. The first kappa shape index (κ1) is 23.2. The number of carbonyl (C=O) groups is 1. The van der Waals surface area contributed by atoms with E-state index in [4.69, 9.17) is 4.74 Å². The van der Waals surface area contributed by atoms with E-state index in [-0.39, 0.29) is 22.9 Å². The SMILES string of the molecule is Cc1ccc(C(=O)C=C[c-]2[c-][c-][c-][c-]2)c(OCc2ccccc2)c1.[Fe].[c-]1[c-][c-][cH-][c-]1. The predicted octanol–water partition coefficient (Wildman–Crippen LogP) is 4.99. The van der Waals surface area contributed by atoms with E-state index in [0.717, 1.165) is 11.1 Å². The van der Waals surface area contributed by atoms with Gasteiger partial charge in [0.05, 0.1) is 0 Å². The molecule has 0 N–H and O–H groups in total. The predicted molar refractivity (Wildman–Crippen MR) is 110 cm³/mol. The summed E-state index contributed by atoms with van der Waals surface area (Å²) in [6.45, 7) is 2.39. The van der Waals surface area contributed by atoms with Crippen molar-refractivity contribution in [3.63, 3.8) is 0 Å². The molecule has 0 atom stereocenters. The maximum Gasteiger partial charge on any atom is 0.128 e. The molecule has 4 aromatic carbocycles. The minimum absolute atomic E-state index is 0. The number of hydrogen-bond donors (Lipinski definition) is 0. The number of ketones is 1. The number of ether oxygens (including phenoxy) is 1. The van der Waals surface area contributed by atoms with E-state index < -0.39 is 0 Å². The Morgan fingerprint density at radius 3 is 2.37 bits per heavy atom. The zero-order valence-electron chi connectivity index (χ0n) is 16.2. The third kappa shape index (κ3) is 7.36. The molecule has 0 aliphatic rings.